The van der Waals surface area contributed by atoms with Crippen LogP contribution in [-0.4, -0.2) is 34.4 Å². The molecule has 0 aliphatic carbocycles. The van der Waals surface area contributed by atoms with E-state index in [1.165, 1.54) is 89.9 Å². The van der Waals surface area contributed by atoms with Crippen LogP contribution in [0.5, 0.6) is 0 Å². The third-order valence-electron chi connectivity index (χ3n) is 4.20. The van der Waals surface area contributed by atoms with Crippen LogP contribution in [0.25, 0.3) is 0 Å². The first-order chi connectivity index (χ1) is 11.8. The summed E-state index contributed by atoms with van der Waals surface area (Å²) in [6.07, 6.45) is 19.3. The van der Waals surface area contributed by atoms with Crippen molar-refractivity contribution >= 4 is 21.1 Å². The van der Waals surface area contributed by atoms with E-state index in [1.807, 2.05) is 0 Å². The summed E-state index contributed by atoms with van der Waals surface area (Å²) in [5.74, 6) is 0. The van der Waals surface area contributed by atoms with Crippen LogP contribution in [-0.2, 0) is 4.74 Å². The summed E-state index contributed by atoms with van der Waals surface area (Å²) in [6, 6.07) is 0. The first-order valence-corrected chi connectivity index (χ1v) is 15.1. The molecule has 0 N–H and O–H groups in total. The second-order valence-corrected chi connectivity index (χ2v) is 11.2. The van der Waals surface area contributed by atoms with Crippen LogP contribution < -0.4 is 0 Å². The molecular weight excluding hydrogens is 399 g/mol. The zero-order chi connectivity index (χ0) is 18.1. The van der Waals surface area contributed by atoms with Crippen LogP contribution in [0, 0.1) is 0 Å². The normalized spacial score (nSPS) is 10.5. The molecule has 1 nitrogen and oxygen atoms in total. The molecule has 0 aliphatic rings. The van der Waals surface area contributed by atoms with Crippen molar-refractivity contribution in [3.8, 4) is 0 Å². The second-order valence-electron chi connectivity index (χ2n) is 6.90. The van der Waals surface area contributed by atoms with E-state index >= 15 is 0 Å². The molecule has 0 aromatic heterocycles. The Labute approximate surface area is 165 Å². The zero-order valence-corrected chi connectivity index (χ0v) is 20.5. The van der Waals surface area contributed by atoms with Gasteiger partial charge in [-0.15, -0.1) is 0 Å². The summed E-state index contributed by atoms with van der Waals surface area (Å²) in [6.45, 7) is 11.1. The fourth-order valence-corrected chi connectivity index (χ4v) is 6.60. The van der Waals surface area contributed by atoms with Gasteiger partial charge in [-0.3, -0.25) is 0 Å². The van der Waals surface area contributed by atoms with Gasteiger partial charge in [0.25, 0.3) is 0 Å². The maximum atomic E-state index is 5.59. The number of ether oxygens (including phenoxy) is 1. The summed E-state index contributed by atoms with van der Waals surface area (Å²) in [7, 11) is 0. The Balaban J connectivity index is 0. The fraction of sp³-hybridized carbons (Fsp3) is 1.00. The van der Waals surface area contributed by atoms with Crippen molar-refractivity contribution in [1.82, 2.24) is 0 Å². The molecule has 0 rings (SSSR count). The molecule has 0 unspecified atom stereocenters. The van der Waals surface area contributed by atoms with Gasteiger partial charge in [0.1, 0.15) is 0 Å². The third kappa shape index (κ3) is 30.6. The monoisotopic (exact) mass is 448 g/mol. The summed E-state index contributed by atoms with van der Waals surface area (Å²) >= 11 is 0.149. The molecule has 24 heavy (non-hydrogen) atoms. The van der Waals surface area contributed by atoms with E-state index in [0.717, 1.165) is 13.2 Å². The zero-order valence-electron chi connectivity index (χ0n) is 17.6. The van der Waals surface area contributed by atoms with Crippen molar-refractivity contribution in [3.05, 3.63) is 0 Å². The van der Waals surface area contributed by atoms with Crippen LogP contribution in [0.4, 0.5) is 0 Å². The number of unbranched alkanes of at least 4 members (excludes halogenated alkanes) is 10. The van der Waals surface area contributed by atoms with Crippen LogP contribution in [0.2, 0.25) is 8.87 Å². The average Bonchev–Trinajstić information content (AvgIpc) is 2.60. The van der Waals surface area contributed by atoms with E-state index in [-0.39, 0.29) is 21.1 Å². The van der Waals surface area contributed by atoms with Crippen molar-refractivity contribution in [3.63, 3.8) is 0 Å². The first kappa shape index (κ1) is 27.0. The molecule has 0 aromatic carbocycles. The Morgan fingerprint density at radius 1 is 0.458 bits per heavy atom. The first-order valence-electron chi connectivity index (χ1n) is 11.1. The molecule has 0 aliphatic heterocycles. The molecule has 0 atom stereocenters. The SMILES string of the molecule is CCCCCCCOCCCCCCC.CCC[CH2][Sn][CH2]CCC. The number of hydrogen-bond donors (Lipinski definition) is 0. The summed E-state index contributed by atoms with van der Waals surface area (Å²) in [4.78, 5) is 0. The summed E-state index contributed by atoms with van der Waals surface area (Å²) in [5, 5.41) is 0. The van der Waals surface area contributed by atoms with Crippen molar-refractivity contribution in [1.29, 1.82) is 0 Å². The maximum absolute atomic E-state index is 5.59. The molecule has 0 heterocycles. The van der Waals surface area contributed by atoms with E-state index in [9.17, 15) is 0 Å². The van der Waals surface area contributed by atoms with Crippen molar-refractivity contribution in [2.75, 3.05) is 13.2 Å². The molecule has 0 amide bonds. The molecule has 0 saturated heterocycles. The molecule has 0 aromatic rings. The van der Waals surface area contributed by atoms with Gasteiger partial charge in [-0.05, 0) is 12.8 Å². The van der Waals surface area contributed by atoms with Gasteiger partial charge in [0.05, 0.1) is 0 Å². The Morgan fingerprint density at radius 3 is 1.21 bits per heavy atom. The van der Waals surface area contributed by atoms with Gasteiger partial charge in [-0.25, -0.2) is 0 Å². The van der Waals surface area contributed by atoms with Crippen molar-refractivity contribution < 1.29 is 4.74 Å². The fourth-order valence-electron chi connectivity index (χ4n) is 2.45. The van der Waals surface area contributed by atoms with Gasteiger partial charge in [0.2, 0.25) is 0 Å². The van der Waals surface area contributed by atoms with E-state index in [1.54, 1.807) is 8.87 Å². The predicted molar refractivity (Wildman–Crippen MR) is 114 cm³/mol. The van der Waals surface area contributed by atoms with E-state index < -0.39 is 0 Å². The van der Waals surface area contributed by atoms with Crippen LogP contribution >= 0.6 is 0 Å². The third-order valence-corrected chi connectivity index (χ3v) is 8.23. The summed E-state index contributed by atoms with van der Waals surface area (Å²) < 4.78 is 8.84. The van der Waals surface area contributed by atoms with E-state index in [4.69, 9.17) is 4.74 Å². The topological polar surface area (TPSA) is 9.23 Å². The van der Waals surface area contributed by atoms with Gasteiger partial charge >= 0.3 is 69.5 Å². The molecule has 146 valence electrons. The quantitative estimate of drug-likeness (QED) is 0.153. The minimum atomic E-state index is 0.149. The van der Waals surface area contributed by atoms with E-state index in [0.29, 0.717) is 0 Å². The van der Waals surface area contributed by atoms with Crippen LogP contribution in [0.15, 0.2) is 0 Å². The standard InChI is InChI=1S/C14H30O.2C4H9.Sn/c1-3-5-7-9-11-13-15-14-12-10-8-6-4-2;2*1-3-4-2;/h3-14H2,1-2H3;2*1,3-4H2,2H3;. The Kier molecular flexibility index (Phi) is 32.1. The van der Waals surface area contributed by atoms with Gasteiger partial charge in [-0.2, -0.15) is 0 Å². The van der Waals surface area contributed by atoms with Gasteiger partial charge < -0.3 is 4.74 Å². The van der Waals surface area contributed by atoms with E-state index in [2.05, 4.69) is 27.7 Å². The Morgan fingerprint density at radius 2 is 0.833 bits per heavy atom. The van der Waals surface area contributed by atoms with Gasteiger partial charge in [0.15, 0.2) is 0 Å². The van der Waals surface area contributed by atoms with Crippen LogP contribution in [0.3, 0.4) is 0 Å². The Bertz CT molecular complexity index is 167. The molecule has 2 radical (unpaired) electrons. The summed E-state index contributed by atoms with van der Waals surface area (Å²) in [5.41, 5.74) is 0. The average molecular weight is 447 g/mol. The number of rotatable bonds is 18. The molecular formula is C22H48OSn. The second kappa shape index (κ2) is 28.6. The van der Waals surface area contributed by atoms with Gasteiger partial charge in [-0.1, -0.05) is 65.2 Å². The molecule has 0 saturated carbocycles. The Hall–Kier alpha value is 0.759. The number of hydrogen-bond acceptors (Lipinski definition) is 1. The van der Waals surface area contributed by atoms with Gasteiger partial charge in [0, 0.05) is 13.2 Å². The predicted octanol–water partition coefficient (Wildman–Crippen LogP) is 8.07. The van der Waals surface area contributed by atoms with Crippen molar-refractivity contribution in [2.45, 2.75) is 126 Å². The minimum absolute atomic E-state index is 0.149. The van der Waals surface area contributed by atoms with Crippen molar-refractivity contribution in [2.24, 2.45) is 0 Å². The molecule has 0 bridgehead atoms. The molecule has 0 fully saturated rings. The molecule has 2 heteroatoms. The molecule has 0 spiro atoms. The van der Waals surface area contributed by atoms with Crippen LogP contribution in [0.1, 0.15) is 118 Å².